The van der Waals surface area contributed by atoms with Gasteiger partial charge in [-0.1, -0.05) is 38.8 Å². The second-order valence-corrected chi connectivity index (χ2v) is 7.97. The SMILES string of the molecule is CCCCc1ncc(C=C2C(=O)N(C)C(=O)N2CCCC)n1Cc1ccc(C(=O)O)cc1. The number of aromatic carboxylic acids is 1. The molecule has 170 valence electrons. The Kier molecular flexibility index (Phi) is 7.45. The molecule has 0 atom stereocenters. The molecule has 8 heteroatoms. The number of hydrogen-bond donors (Lipinski definition) is 1. The number of urea groups is 1. The summed E-state index contributed by atoms with van der Waals surface area (Å²) in [5.41, 5.74) is 2.26. The fourth-order valence-corrected chi connectivity index (χ4v) is 3.67. The van der Waals surface area contributed by atoms with Gasteiger partial charge >= 0.3 is 12.0 Å². The van der Waals surface area contributed by atoms with Crippen LogP contribution in [0.4, 0.5) is 4.79 Å². The first-order chi connectivity index (χ1) is 15.4. The first-order valence-corrected chi connectivity index (χ1v) is 11.0. The van der Waals surface area contributed by atoms with E-state index in [9.17, 15) is 14.4 Å². The molecule has 1 N–H and O–H groups in total. The molecule has 1 fully saturated rings. The molecule has 0 saturated carbocycles. The lowest BCUT2D eigenvalue weighted by Crippen LogP contribution is -2.30. The molecule has 0 bridgehead atoms. The van der Waals surface area contributed by atoms with E-state index in [4.69, 9.17) is 5.11 Å². The summed E-state index contributed by atoms with van der Waals surface area (Å²) in [5.74, 6) is -0.389. The van der Waals surface area contributed by atoms with Crippen molar-refractivity contribution in [3.8, 4) is 0 Å². The average molecular weight is 439 g/mol. The molecule has 32 heavy (non-hydrogen) atoms. The molecule has 0 radical (unpaired) electrons. The van der Waals surface area contributed by atoms with E-state index in [0.29, 0.717) is 18.8 Å². The van der Waals surface area contributed by atoms with E-state index in [2.05, 4.69) is 11.9 Å². The number of carbonyl (C=O) groups excluding carboxylic acids is 2. The molecule has 1 aliphatic heterocycles. The van der Waals surface area contributed by atoms with Gasteiger partial charge in [-0.2, -0.15) is 0 Å². The Bertz CT molecular complexity index is 1020. The quantitative estimate of drug-likeness (QED) is 0.447. The summed E-state index contributed by atoms with van der Waals surface area (Å²) < 4.78 is 2.03. The van der Waals surface area contributed by atoms with Gasteiger partial charge < -0.3 is 9.67 Å². The molecular weight excluding hydrogens is 408 g/mol. The van der Waals surface area contributed by atoms with Crippen LogP contribution in [0.2, 0.25) is 0 Å². The monoisotopic (exact) mass is 438 g/mol. The van der Waals surface area contributed by atoms with Crippen molar-refractivity contribution >= 4 is 24.0 Å². The van der Waals surface area contributed by atoms with Crippen molar-refractivity contribution in [2.45, 2.75) is 52.5 Å². The highest BCUT2D eigenvalue weighted by molar-refractivity contribution is 6.13. The van der Waals surface area contributed by atoms with Crippen molar-refractivity contribution < 1.29 is 19.5 Å². The highest BCUT2D eigenvalue weighted by atomic mass is 16.4. The zero-order valence-electron chi connectivity index (χ0n) is 18.9. The Hall–Kier alpha value is -3.42. The number of unbranched alkanes of at least 4 members (excludes halogenated alkanes) is 2. The molecule has 8 nitrogen and oxygen atoms in total. The van der Waals surface area contributed by atoms with Crippen LogP contribution in [0.25, 0.3) is 6.08 Å². The third-order valence-electron chi connectivity index (χ3n) is 5.62. The minimum atomic E-state index is -0.964. The van der Waals surface area contributed by atoms with Crippen LogP contribution < -0.4 is 0 Å². The van der Waals surface area contributed by atoms with Gasteiger partial charge in [0.2, 0.25) is 0 Å². The van der Waals surface area contributed by atoms with E-state index >= 15 is 0 Å². The summed E-state index contributed by atoms with van der Waals surface area (Å²) >= 11 is 0. The number of likely N-dealkylation sites (N-methyl/N-ethyl adjacent to an activating group) is 1. The molecule has 0 unspecified atom stereocenters. The number of hydrogen-bond acceptors (Lipinski definition) is 4. The Morgan fingerprint density at radius 1 is 1.09 bits per heavy atom. The summed E-state index contributed by atoms with van der Waals surface area (Å²) in [7, 11) is 1.50. The molecule has 2 heterocycles. The number of aryl methyl sites for hydroxylation is 1. The third-order valence-corrected chi connectivity index (χ3v) is 5.62. The van der Waals surface area contributed by atoms with Gasteiger partial charge in [0.05, 0.1) is 17.5 Å². The van der Waals surface area contributed by atoms with Crippen LogP contribution >= 0.6 is 0 Å². The number of carbonyl (C=O) groups is 3. The summed E-state index contributed by atoms with van der Waals surface area (Å²) in [6.45, 7) is 5.14. The topological polar surface area (TPSA) is 95.7 Å². The van der Waals surface area contributed by atoms with Gasteiger partial charge in [-0.15, -0.1) is 0 Å². The van der Waals surface area contributed by atoms with E-state index < -0.39 is 5.97 Å². The number of carboxylic acid groups (broad SMARTS) is 1. The number of carboxylic acids is 1. The number of imidazole rings is 1. The van der Waals surface area contributed by atoms with Gasteiger partial charge in [0, 0.05) is 26.6 Å². The van der Waals surface area contributed by atoms with Crippen molar-refractivity contribution in [1.29, 1.82) is 0 Å². The Labute approximate surface area is 188 Å². The van der Waals surface area contributed by atoms with Crippen LogP contribution in [0.5, 0.6) is 0 Å². The summed E-state index contributed by atoms with van der Waals surface area (Å²) in [6.07, 6.45) is 8.00. The van der Waals surface area contributed by atoms with Gasteiger partial charge in [0.15, 0.2) is 0 Å². The standard InChI is InChI=1S/C24H30N4O4/c1-4-6-8-21-25-15-19(28(21)16-17-9-11-18(12-10-17)23(30)31)14-20-22(29)26(3)24(32)27(20)13-7-5-2/h9-12,14-15H,4-8,13,16H2,1-3H3,(H,30,31). The second kappa shape index (κ2) is 10.3. The molecule has 1 aliphatic rings. The lowest BCUT2D eigenvalue weighted by Gasteiger charge is -2.16. The van der Waals surface area contributed by atoms with Gasteiger partial charge in [-0.25, -0.2) is 14.6 Å². The highest BCUT2D eigenvalue weighted by Gasteiger charge is 2.38. The average Bonchev–Trinajstić information content (AvgIpc) is 3.25. The van der Waals surface area contributed by atoms with E-state index in [-0.39, 0.29) is 17.5 Å². The smallest absolute Gasteiger partial charge is 0.335 e. The Morgan fingerprint density at radius 2 is 1.78 bits per heavy atom. The van der Waals surface area contributed by atoms with Gasteiger partial charge in [-0.3, -0.25) is 14.6 Å². The fourth-order valence-electron chi connectivity index (χ4n) is 3.67. The molecule has 0 spiro atoms. The maximum atomic E-state index is 12.8. The number of amides is 3. The molecule has 1 saturated heterocycles. The van der Waals surface area contributed by atoms with Crippen molar-refractivity contribution in [2.75, 3.05) is 13.6 Å². The Balaban J connectivity index is 1.98. The predicted octanol–water partition coefficient (Wildman–Crippen LogP) is 4.01. The molecular formula is C24H30N4O4. The minimum absolute atomic E-state index is 0.234. The molecule has 3 rings (SSSR count). The molecule has 2 aromatic rings. The molecule has 1 aromatic heterocycles. The first kappa shape index (κ1) is 23.2. The van der Waals surface area contributed by atoms with E-state index in [1.807, 2.05) is 11.5 Å². The number of rotatable bonds is 10. The normalized spacial score (nSPS) is 15.3. The van der Waals surface area contributed by atoms with Crippen LogP contribution in [0.3, 0.4) is 0 Å². The van der Waals surface area contributed by atoms with E-state index in [0.717, 1.165) is 54.1 Å². The summed E-state index contributed by atoms with van der Waals surface area (Å²) in [4.78, 5) is 43.7. The number of aromatic nitrogens is 2. The Morgan fingerprint density at radius 3 is 2.41 bits per heavy atom. The molecule has 0 aliphatic carbocycles. The predicted molar refractivity (Wildman–Crippen MR) is 121 cm³/mol. The van der Waals surface area contributed by atoms with Crippen molar-refractivity contribution in [3.05, 3.63) is 58.8 Å². The summed E-state index contributed by atoms with van der Waals surface area (Å²) in [5, 5.41) is 9.14. The lowest BCUT2D eigenvalue weighted by molar-refractivity contribution is -0.122. The largest absolute Gasteiger partial charge is 0.478 e. The van der Waals surface area contributed by atoms with Crippen molar-refractivity contribution in [1.82, 2.24) is 19.4 Å². The first-order valence-electron chi connectivity index (χ1n) is 11.0. The van der Waals surface area contributed by atoms with Crippen molar-refractivity contribution in [2.24, 2.45) is 0 Å². The van der Waals surface area contributed by atoms with Crippen LogP contribution in [-0.2, 0) is 17.8 Å². The summed E-state index contributed by atoms with van der Waals surface area (Å²) in [6, 6.07) is 6.43. The van der Waals surface area contributed by atoms with Gasteiger partial charge in [-0.05, 0) is 36.6 Å². The van der Waals surface area contributed by atoms with E-state index in [1.165, 1.54) is 11.9 Å². The zero-order valence-corrected chi connectivity index (χ0v) is 18.9. The molecule has 1 aromatic carbocycles. The van der Waals surface area contributed by atoms with Crippen LogP contribution in [0.1, 0.15) is 67.0 Å². The zero-order chi connectivity index (χ0) is 23.3. The van der Waals surface area contributed by atoms with Crippen LogP contribution in [0, 0.1) is 0 Å². The second-order valence-electron chi connectivity index (χ2n) is 7.97. The number of imide groups is 1. The van der Waals surface area contributed by atoms with Crippen LogP contribution in [-0.4, -0.2) is 56.0 Å². The number of nitrogens with zero attached hydrogens (tertiary/aromatic N) is 4. The van der Waals surface area contributed by atoms with Crippen molar-refractivity contribution in [3.63, 3.8) is 0 Å². The minimum Gasteiger partial charge on any atom is -0.478 e. The number of benzene rings is 1. The van der Waals surface area contributed by atoms with Crippen LogP contribution in [0.15, 0.2) is 36.2 Å². The maximum absolute atomic E-state index is 12.8. The van der Waals surface area contributed by atoms with Gasteiger partial charge in [0.25, 0.3) is 5.91 Å². The maximum Gasteiger partial charge on any atom is 0.335 e. The van der Waals surface area contributed by atoms with Gasteiger partial charge in [0.1, 0.15) is 11.5 Å². The van der Waals surface area contributed by atoms with E-state index in [1.54, 1.807) is 36.5 Å². The third kappa shape index (κ3) is 4.90. The highest BCUT2D eigenvalue weighted by Crippen LogP contribution is 2.24. The molecule has 3 amide bonds. The fraction of sp³-hybridized carbons (Fsp3) is 0.417. The lowest BCUT2D eigenvalue weighted by atomic mass is 10.1.